The van der Waals surface area contributed by atoms with Crippen molar-refractivity contribution in [1.82, 2.24) is 14.8 Å². The zero-order valence-electron chi connectivity index (χ0n) is 14.3. The molecular formula is C17H24N4OS. The van der Waals surface area contributed by atoms with Gasteiger partial charge in [-0.25, -0.2) is 4.98 Å². The van der Waals surface area contributed by atoms with Crippen molar-refractivity contribution in [3.05, 3.63) is 22.9 Å². The summed E-state index contributed by atoms with van der Waals surface area (Å²) < 4.78 is 0. The topological polar surface area (TPSA) is 60.2 Å². The first-order chi connectivity index (χ1) is 11.0. The Hall–Kier alpha value is -1.58. The minimum atomic E-state index is -0.232. The third-order valence-electron chi connectivity index (χ3n) is 4.19. The summed E-state index contributed by atoms with van der Waals surface area (Å²) in [6.07, 6.45) is 0. The van der Waals surface area contributed by atoms with Gasteiger partial charge in [0, 0.05) is 31.9 Å². The summed E-state index contributed by atoms with van der Waals surface area (Å²) in [7, 11) is 0. The fourth-order valence-electron chi connectivity index (χ4n) is 2.78. The van der Waals surface area contributed by atoms with Crippen LogP contribution in [0.3, 0.4) is 0 Å². The molecule has 2 rings (SSSR count). The van der Waals surface area contributed by atoms with Gasteiger partial charge >= 0.3 is 0 Å². The molecule has 2 heterocycles. The summed E-state index contributed by atoms with van der Waals surface area (Å²) >= 11 is 1.39. The summed E-state index contributed by atoms with van der Waals surface area (Å²) in [6.45, 7) is 12.3. The number of amides is 1. The Labute approximate surface area is 142 Å². The highest BCUT2D eigenvalue weighted by atomic mass is 32.2. The van der Waals surface area contributed by atoms with Gasteiger partial charge in [-0.1, -0.05) is 18.7 Å². The Morgan fingerprint density at radius 1 is 1.39 bits per heavy atom. The normalized spacial score (nSPS) is 16.9. The molecule has 0 saturated carbocycles. The smallest absolute Gasteiger partial charge is 0.235 e. The van der Waals surface area contributed by atoms with Crippen molar-refractivity contribution >= 4 is 17.7 Å². The first-order valence-electron chi connectivity index (χ1n) is 8.02. The summed E-state index contributed by atoms with van der Waals surface area (Å²) in [6, 6.07) is 4.12. The molecule has 0 spiro atoms. The number of rotatable bonds is 4. The van der Waals surface area contributed by atoms with E-state index in [-0.39, 0.29) is 11.2 Å². The van der Waals surface area contributed by atoms with Crippen LogP contribution in [-0.4, -0.2) is 58.7 Å². The zero-order chi connectivity index (χ0) is 17.0. The van der Waals surface area contributed by atoms with Gasteiger partial charge in [0.1, 0.15) is 11.1 Å². The van der Waals surface area contributed by atoms with Crippen LogP contribution in [-0.2, 0) is 4.79 Å². The largest absolute Gasteiger partial charge is 0.339 e. The molecule has 23 heavy (non-hydrogen) atoms. The van der Waals surface area contributed by atoms with E-state index in [0.717, 1.165) is 44.0 Å². The third-order valence-corrected chi connectivity index (χ3v) is 5.26. The van der Waals surface area contributed by atoms with Crippen molar-refractivity contribution in [3.8, 4) is 6.07 Å². The maximum atomic E-state index is 12.6. The van der Waals surface area contributed by atoms with E-state index < -0.39 is 0 Å². The Bertz CT molecular complexity index is 618. The molecule has 1 saturated heterocycles. The fourth-order valence-corrected chi connectivity index (χ4v) is 3.89. The highest BCUT2D eigenvalue weighted by Gasteiger charge is 2.26. The molecule has 5 nitrogen and oxygen atoms in total. The minimum Gasteiger partial charge on any atom is -0.339 e. The number of nitrogens with zero attached hydrogens (tertiary/aromatic N) is 4. The maximum Gasteiger partial charge on any atom is 0.235 e. The van der Waals surface area contributed by atoms with Crippen LogP contribution >= 0.6 is 11.8 Å². The van der Waals surface area contributed by atoms with Crippen molar-refractivity contribution in [2.24, 2.45) is 0 Å². The van der Waals surface area contributed by atoms with Crippen molar-refractivity contribution in [1.29, 1.82) is 5.26 Å². The van der Waals surface area contributed by atoms with Crippen LogP contribution in [0.25, 0.3) is 0 Å². The molecule has 1 aliphatic rings. The minimum absolute atomic E-state index is 0.135. The van der Waals surface area contributed by atoms with Crippen LogP contribution in [0, 0.1) is 25.2 Å². The Morgan fingerprint density at radius 3 is 2.61 bits per heavy atom. The first kappa shape index (κ1) is 17.8. The number of nitriles is 1. The van der Waals surface area contributed by atoms with Crippen molar-refractivity contribution < 1.29 is 4.79 Å². The number of aryl methyl sites for hydroxylation is 2. The average Bonchev–Trinajstić information content (AvgIpc) is 2.54. The predicted molar refractivity (Wildman–Crippen MR) is 92.4 cm³/mol. The summed E-state index contributed by atoms with van der Waals surface area (Å²) in [5.41, 5.74) is 2.37. The summed E-state index contributed by atoms with van der Waals surface area (Å²) in [5, 5.41) is 9.77. The molecule has 1 unspecified atom stereocenters. The van der Waals surface area contributed by atoms with E-state index in [1.807, 2.05) is 31.7 Å². The number of thioether (sulfide) groups is 1. The maximum absolute atomic E-state index is 12.6. The van der Waals surface area contributed by atoms with Crippen LogP contribution in [0.5, 0.6) is 0 Å². The van der Waals surface area contributed by atoms with Crippen LogP contribution in [0.2, 0.25) is 0 Å². The molecule has 0 N–H and O–H groups in total. The van der Waals surface area contributed by atoms with Crippen LogP contribution in [0.1, 0.15) is 30.7 Å². The highest BCUT2D eigenvalue weighted by molar-refractivity contribution is 8.00. The number of pyridine rings is 1. The van der Waals surface area contributed by atoms with E-state index >= 15 is 0 Å². The number of aromatic nitrogens is 1. The van der Waals surface area contributed by atoms with Gasteiger partial charge in [-0.2, -0.15) is 5.26 Å². The Kier molecular flexibility index (Phi) is 6.03. The van der Waals surface area contributed by atoms with Crippen LogP contribution < -0.4 is 0 Å². The highest BCUT2D eigenvalue weighted by Crippen LogP contribution is 2.28. The number of likely N-dealkylation sites (N-methyl/N-ethyl adjacent to an activating group) is 1. The third kappa shape index (κ3) is 4.24. The molecular weight excluding hydrogens is 308 g/mol. The van der Waals surface area contributed by atoms with Gasteiger partial charge in [0.2, 0.25) is 5.91 Å². The molecule has 124 valence electrons. The molecule has 0 aliphatic carbocycles. The molecule has 1 atom stereocenters. The molecule has 1 aliphatic heterocycles. The lowest BCUT2D eigenvalue weighted by Gasteiger charge is -2.35. The zero-order valence-corrected chi connectivity index (χ0v) is 15.1. The second kappa shape index (κ2) is 7.80. The molecule has 1 fully saturated rings. The van der Waals surface area contributed by atoms with Crippen LogP contribution in [0.4, 0.5) is 0 Å². The van der Waals surface area contributed by atoms with E-state index in [1.54, 1.807) is 0 Å². The summed E-state index contributed by atoms with van der Waals surface area (Å²) in [4.78, 5) is 21.4. The molecule has 1 aromatic heterocycles. The van der Waals surface area contributed by atoms with Gasteiger partial charge in [0.05, 0.1) is 10.8 Å². The van der Waals surface area contributed by atoms with E-state index in [9.17, 15) is 10.1 Å². The SMILES string of the molecule is CCN1CCN(C(=O)C(C)Sc2nc(C)cc(C)c2C#N)CC1. The summed E-state index contributed by atoms with van der Waals surface area (Å²) in [5.74, 6) is 0.135. The Balaban J connectivity index is 2.06. The molecule has 0 aromatic carbocycles. The predicted octanol–water partition coefficient (Wildman–Crippen LogP) is 2.21. The quantitative estimate of drug-likeness (QED) is 0.791. The van der Waals surface area contributed by atoms with E-state index in [2.05, 4.69) is 22.9 Å². The average molecular weight is 332 g/mol. The first-order valence-corrected chi connectivity index (χ1v) is 8.90. The number of carbonyl (C=O) groups is 1. The Morgan fingerprint density at radius 2 is 2.04 bits per heavy atom. The monoisotopic (exact) mass is 332 g/mol. The standard InChI is InChI=1S/C17H24N4OS/c1-5-20-6-8-21(9-7-20)17(22)14(4)23-16-15(11-18)12(2)10-13(3)19-16/h10,14H,5-9H2,1-4H3. The van der Waals surface area contributed by atoms with Crippen molar-refractivity contribution in [2.75, 3.05) is 32.7 Å². The van der Waals surface area contributed by atoms with Gasteiger partial charge in [-0.15, -0.1) is 0 Å². The number of hydrogen-bond donors (Lipinski definition) is 0. The van der Waals surface area contributed by atoms with E-state index in [4.69, 9.17) is 0 Å². The lowest BCUT2D eigenvalue weighted by Crippen LogP contribution is -2.50. The van der Waals surface area contributed by atoms with Gasteiger partial charge < -0.3 is 9.80 Å². The second-order valence-corrected chi connectivity index (χ2v) is 7.22. The molecule has 0 bridgehead atoms. The lowest BCUT2D eigenvalue weighted by molar-refractivity contribution is -0.132. The van der Waals surface area contributed by atoms with Gasteiger partial charge in [-0.3, -0.25) is 4.79 Å². The number of carbonyl (C=O) groups excluding carboxylic acids is 1. The van der Waals surface area contributed by atoms with Gasteiger partial charge in [-0.05, 0) is 38.9 Å². The molecule has 0 radical (unpaired) electrons. The van der Waals surface area contributed by atoms with Gasteiger partial charge in [0.15, 0.2) is 0 Å². The second-order valence-electron chi connectivity index (χ2n) is 5.89. The number of hydrogen-bond acceptors (Lipinski definition) is 5. The molecule has 1 amide bonds. The lowest BCUT2D eigenvalue weighted by atomic mass is 10.1. The van der Waals surface area contributed by atoms with E-state index in [1.165, 1.54) is 11.8 Å². The van der Waals surface area contributed by atoms with Gasteiger partial charge in [0.25, 0.3) is 0 Å². The van der Waals surface area contributed by atoms with Crippen LogP contribution in [0.15, 0.2) is 11.1 Å². The van der Waals surface area contributed by atoms with Crippen molar-refractivity contribution in [3.63, 3.8) is 0 Å². The van der Waals surface area contributed by atoms with E-state index in [0.29, 0.717) is 10.6 Å². The number of piperazine rings is 1. The fraction of sp³-hybridized carbons (Fsp3) is 0.588. The molecule has 6 heteroatoms. The van der Waals surface area contributed by atoms with Crippen molar-refractivity contribution in [2.45, 2.75) is 38.0 Å². The molecule has 1 aromatic rings.